The van der Waals surface area contributed by atoms with Crippen molar-refractivity contribution in [1.82, 2.24) is 9.78 Å². The van der Waals surface area contributed by atoms with E-state index in [2.05, 4.69) is 5.10 Å². The van der Waals surface area contributed by atoms with Gasteiger partial charge in [0.25, 0.3) is 0 Å². The van der Waals surface area contributed by atoms with Crippen LogP contribution in [0.25, 0.3) is 0 Å². The van der Waals surface area contributed by atoms with Crippen molar-refractivity contribution in [2.45, 2.75) is 38.5 Å². The molecule has 0 aliphatic heterocycles. The molecule has 0 aromatic carbocycles. The minimum Gasteiger partial charge on any atom is -0.265 e. The van der Waals surface area contributed by atoms with Crippen molar-refractivity contribution in [3.05, 3.63) is 21.5 Å². The van der Waals surface area contributed by atoms with Gasteiger partial charge in [-0.05, 0) is 13.3 Å². The average molecular weight is 246 g/mol. The van der Waals surface area contributed by atoms with E-state index in [0.717, 1.165) is 12.8 Å². The summed E-state index contributed by atoms with van der Waals surface area (Å²) < 4.78 is 1.55. The zero-order valence-electron chi connectivity index (χ0n) is 9.73. The number of nitrogens with zero attached hydrogens (tertiary/aromatic N) is 3. The summed E-state index contributed by atoms with van der Waals surface area (Å²) in [5.41, 5.74) is 1.16. The molecule has 1 heterocycles. The fourth-order valence-electron chi connectivity index (χ4n) is 1.79. The lowest BCUT2D eigenvalue weighted by atomic mass is 10.1. The van der Waals surface area contributed by atoms with Crippen molar-refractivity contribution < 1.29 is 4.92 Å². The van der Waals surface area contributed by atoms with Crippen molar-refractivity contribution >= 4 is 17.3 Å². The van der Waals surface area contributed by atoms with Crippen LogP contribution in [0.4, 0.5) is 5.69 Å². The first kappa shape index (κ1) is 13.0. The lowest BCUT2D eigenvalue weighted by Crippen LogP contribution is -2.09. The van der Waals surface area contributed by atoms with Crippen LogP contribution in [0, 0.1) is 17.0 Å². The van der Waals surface area contributed by atoms with E-state index in [0.29, 0.717) is 17.8 Å². The summed E-state index contributed by atoms with van der Waals surface area (Å²) in [5.74, 6) is 0. The molecule has 0 radical (unpaired) electrons. The lowest BCUT2D eigenvalue weighted by Gasteiger charge is -2.07. The smallest absolute Gasteiger partial charge is 0.265 e. The van der Waals surface area contributed by atoms with Crippen LogP contribution >= 0.6 is 11.6 Å². The van der Waals surface area contributed by atoms with Gasteiger partial charge in [0.1, 0.15) is 11.4 Å². The van der Waals surface area contributed by atoms with Gasteiger partial charge in [-0.1, -0.05) is 13.3 Å². The molecular weight excluding hydrogens is 230 g/mol. The van der Waals surface area contributed by atoms with E-state index in [1.165, 1.54) is 0 Å². The van der Waals surface area contributed by atoms with Gasteiger partial charge in [0.2, 0.25) is 0 Å². The number of aryl methyl sites for hydroxylation is 2. The second kappa shape index (κ2) is 5.30. The standard InChI is InChI=1S/C10H16ClN3O2/c1-4-5-8(11)6-9-10(14(15)16)7(2)12-13(9)3/h8H,4-6H2,1-3H3. The highest BCUT2D eigenvalue weighted by Gasteiger charge is 2.25. The molecule has 0 N–H and O–H groups in total. The van der Waals surface area contributed by atoms with E-state index < -0.39 is 0 Å². The molecule has 1 aromatic rings. The molecule has 0 saturated heterocycles. The number of rotatable bonds is 5. The maximum atomic E-state index is 10.9. The molecule has 1 aromatic heterocycles. The summed E-state index contributed by atoms with van der Waals surface area (Å²) in [4.78, 5) is 10.5. The monoisotopic (exact) mass is 245 g/mol. The predicted molar refractivity (Wildman–Crippen MR) is 62.9 cm³/mol. The second-order valence-corrected chi connectivity index (χ2v) is 4.47. The Morgan fingerprint density at radius 2 is 2.25 bits per heavy atom. The Bertz CT molecular complexity index is 390. The number of aromatic nitrogens is 2. The number of nitro groups is 1. The molecule has 1 unspecified atom stereocenters. The van der Waals surface area contributed by atoms with Gasteiger partial charge in [-0.25, -0.2) is 0 Å². The maximum Gasteiger partial charge on any atom is 0.313 e. The Labute approximate surface area is 99.5 Å². The Balaban J connectivity index is 2.98. The minimum absolute atomic E-state index is 0.0708. The van der Waals surface area contributed by atoms with Crippen LogP contribution in [0.5, 0.6) is 0 Å². The molecular formula is C10H16ClN3O2. The molecule has 0 amide bonds. The van der Waals surface area contributed by atoms with E-state index in [1.807, 2.05) is 6.92 Å². The van der Waals surface area contributed by atoms with E-state index in [4.69, 9.17) is 11.6 Å². The van der Waals surface area contributed by atoms with Crippen molar-refractivity contribution in [1.29, 1.82) is 0 Å². The van der Waals surface area contributed by atoms with E-state index in [9.17, 15) is 10.1 Å². The van der Waals surface area contributed by atoms with Crippen LogP contribution in [0.1, 0.15) is 31.2 Å². The fourth-order valence-corrected chi connectivity index (χ4v) is 2.15. The predicted octanol–water partition coefficient (Wildman–Crippen LogP) is 2.59. The molecule has 0 saturated carbocycles. The molecule has 0 aliphatic rings. The molecule has 16 heavy (non-hydrogen) atoms. The maximum absolute atomic E-state index is 10.9. The first-order chi connectivity index (χ1) is 7.47. The van der Waals surface area contributed by atoms with Gasteiger partial charge in [0.15, 0.2) is 0 Å². The quantitative estimate of drug-likeness (QED) is 0.455. The van der Waals surface area contributed by atoms with Gasteiger partial charge in [0.05, 0.1) is 4.92 Å². The largest absolute Gasteiger partial charge is 0.313 e. The molecule has 6 heteroatoms. The highest BCUT2D eigenvalue weighted by molar-refractivity contribution is 6.20. The Kier molecular flexibility index (Phi) is 4.29. The fraction of sp³-hybridized carbons (Fsp3) is 0.700. The van der Waals surface area contributed by atoms with Gasteiger partial charge < -0.3 is 0 Å². The summed E-state index contributed by atoms with van der Waals surface area (Å²) in [5, 5.41) is 14.9. The summed E-state index contributed by atoms with van der Waals surface area (Å²) in [6.45, 7) is 3.68. The van der Waals surface area contributed by atoms with Crippen LogP contribution in [-0.2, 0) is 13.5 Å². The molecule has 5 nitrogen and oxygen atoms in total. The van der Waals surface area contributed by atoms with Crippen LogP contribution in [0.15, 0.2) is 0 Å². The van der Waals surface area contributed by atoms with Crippen molar-refractivity contribution in [2.75, 3.05) is 0 Å². The minimum atomic E-state index is -0.382. The van der Waals surface area contributed by atoms with Crippen molar-refractivity contribution in [3.63, 3.8) is 0 Å². The number of halogens is 1. The molecule has 0 bridgehead atoms. The summed E-state index contributed by atoms with van der Waals surface area (Å²) in [6, 6.07) is 0. The molecule has 0 aliphatic carbocycles. The summed E-state index contributed by atoms with van der Waals surface area (Å²) in [7, 11) is 1.71. The SMILES string of the molecule is CCCC(Cl)Cc1c([N+](=O)[O-])c(C)nn1C. The van der Waals surface area contributed by atoms with Gasteiger partial charge >= 0.3 is 5.69 Å². The Morgan fingerprint density at radius 3 is 2.75 bits per heavy atom. The normalized spacial score (nSPS) is 12.8. The first-order valence-electron chi connectivity index (χ1n) is 5.28. The zero-order valence-corrected chi connectivity index (χ0v) is 10.5. The summed E-state index contributed by atoms with van der Waals surface area (Å²) in [6.07, 6.45) is 2.31. The molecule has 0 spiro atoms. The van der Waals surface area contributed by atoms with Crippen LogP contribution in [0.2, 0.25) is 0 Å². The highest BCUT2D eigenvalue weighted by Crippen LogP contribution is 2.25. The van der Waals surface area contributed by atoms with Crippen molar-refractivity contribution in [3.8, 4) is 0 Å². The Hall–Kier alpha value is -1.10. The van der Waals surface area contributed by atoms with Crippen LogP contribution < -0.4 is 0 Å². The zero-order chi connectivity index (χ0) is 12.3. The molecule has 0 fully saturated rings. The third kappa shape index (κ3) is 2.72. The highest BCUT2D eigenvalue weighted by atomic mass is 35.5. The topological polar surface area (TPSA) is 61.0 Å². The molecule has 1 atom stereocenters. The van der Waals surface area contributed by atoms with E-state index in [1.54, 1.807) is 18.7 Å². The van der Waals surface area contributed by atoms with E-state index >= 15 is 0 Å². The van der Waals surface area contributed by atoms with Crippen molar-refractivity contribution in [2.24, 2.45) is 7.05 Å². The van der Waals surface area contributed by atoms with Gasteiger partial charge in [-0.2, -0.15) is 5.10 Å². The van der Waals surface area contributed by atoms with Gasteiger partial charge in [-0.3, -0.25) is 14.8 Å². The van der Waals surface area contributed by atoms with Gasteiger partial charge in [0, 0.05) is 18.8 Å². The van der Waals surface area contributed by atoms with Crippen LogP contribution in [-0.4, -0.2) is 20.1 Å². The lowest BCUT2D eigenvalue weighted by molar-refractivity contribution is -0.386. The summed E-state index contributed by atoms with van der Waals surface area (Å²) >= 11 is 6.11. The average Bonchev–Trinajstić information content (AvgIpc) is 2.41. The first-order valence-corrected chi connectivity index (χ1v) is 5.71. The van der Waals surface area contributed by atoms with Crippen LogP contribution in [0.3, 0.4) is 0 Å². The Morgan fingerprint density at radius 1 is 1.62 bits per heavy atom. The van der Waals surface area contributed by atoms with Gasteiger partial charge in [-0.15, -0.1) is 11.6 Å². The molecule has 1 rings (SSSR count). The number of alkyl halides is 1. The molecule has 90 valence electrons. The van der Waals surface area contributed by atoms with E-state index in [-0.39, 0.29) is 16.0 Å². The third-order valence-corrected chi connectivity index (χ3v) is 2.88. The number of hydrogen-bond acceptors (Lipinski definition) is 3. The third-order valence-electron chi connectivity index (χ3n) is 2.51. The second-order valence-electron chi connectivity index (χ2n) is 3.85. The number of hydrogen-bond donors (Lipinski definition) is 0.